The van der Waals surface area contributed by atoms with Gasteiger partial charge in [-0.15, -0.1) is 0 Å². The highest BCUT2D eigenvalue weighted by molar-refractivity contribution is 5.99. The van der Waals surface area contributed by atoms with Gasteiger partial charge in [0.2, 0.25) is 0 Å². The lowest BCUT2D eigenvalue weighted by molar-refractivity contribution is -0.117. The van der Waals surface area contributed by atoms with Crippen LogP contribution in [0.4, 0.5) is 0 Å². The summed E-state index contributed by atoms with van der Waals surface area (Å²) in [5.41, 5.74) is 0.558. The molecule has 0 saturated carbocycles. The van der Waals surface area contributed by atoms with Crippen molar-refractivity contribution in [2.24, 2.45) is 0 Å². The van der Waals surface area contributed by atoms with Gasteiger partial charge in [0.25, 0.3) is 5.91 Å². The topological polar surface area (TPSA) is 87.7 Å². The number of ether oxygens (including phenoxy) is 1. The Hall–Kier alpha value is -2.18. The molecule has 2 aliphatic heterocycles. The van der Waals surface area contributed by atoms with Gasteiger partial charge in [-0.1, -0.05) is 12.1 Å². The van der Waals surface area contributed by atoms with E-state index in [9.17, 15) is 9.59 Å². The molecule has 6 nitrogen and oxygen atoms in total. The summed E-state index contributed by atoms with van der Waals surface area (Å²) >= 11 is 0. The highest BCUT2D eigenvalue weighted by Gasteiger charge is 2.40. The second-order valence-electron chi connectivity index (χ2n) is 5.51. The summed E-state index contributed by atoms with van der Waals surface area (Å²) in [6, 6.07) is 5.22. The summed E-state index contributed by atoms with van der Waals surface area (Å²) in [6.07, 6.45) is 4.31. The third-order valence-electron chi connectivity index (χ3n) is 3.92. The van der Waals surface area contributed by atoms with Crippen molar-refractivity contribution < 1.29 is 19.4 Å². The second-order valence-corrected chi connectivity index (χ2v) is 5.51. The van der Waals surface area contributed by atoms with Crippen LogP contribution in [-0.2, 0) is 4.79 Å². The van der Waals surface area contributed by atoms with Crippen molar-refractivity contribution in [3.05, 3.63) is 35.4 Å². The van der Waals surface area contributed by atoms with E-state index in [1.54, 1.807) is 24.3 Å². The molecular weight excluding hydrogens is 284 g/mol. The number of hydrogen-bond donors (Lipinski definition) is 3. The van der Waals surface area contributed by atoms with Crippen LogP contribution >= 0.6 is 0 Å². The predicted molar refractivity (Wildman–Crippen MR) is 80.5 cm³/mol. The fraction of sp³-hybridized carbons (Fsp3) is 0.375. The van der Waals surface area contributed by atoms with Crippen LogP contribution in [0.5, 0.6) is 5.75 Å². The molecule has 1 aromatic carbocycles. The molecule has 1 saturated heterocycles. The molecule has 1 fully saturated rings. The molecule has 0 atom stereocenters. The lowest BCUT2D eigenvalue weighted by atomic mass is 9.97. The Morgan fingerprint density at radius 1 is 1.36 bits per heavy atom. The van der Waals surface area contributed by atoms with Gasteiger partial charge >= 0.3 is 0 Å². The Bertz CT molecular complexity index is 633. The number of aliphatic hydroxyl groups excluding tert-OH is 1. The van der Waals surface area contributed by atoms with Crippen molar-refractivity contribution in [3.63, 3.8) is 0 Å². The SMILES string of the molecule is O=C(/C=C/c1ccc2c(c1)C(=O)NC1(CCNCC1)O2)CO. The zero-order valence-corrected chi connectivity index (χ0v) is 12.1. The minimum Gasteiger partial charge on any atom is -0.467 e. The van der Waals surface area contributed by atoms with E-state index in [0.29, 0.717) is 16.9 Å². The highest BCUT2D eigenvalue weighted by atomic mass is 16.5. The molecule has 1 amide bonds. The summed E-state index contributed by atoms with van der Waals surface area (Å²) < 4.78 is 6.03. The number of aliphatic hydroxyl groups is 1. The van der Waals surface area contributed by atoms with Gasteiger partial charge in [-0.3, -0.25) is 9.59 Å². The number of hydrogen-bond acceptors (Lipinski definition) is 5. The maximum Gasteiger partial charge on any atom is 0.258 e. The van der Waals surface area contributed by atoms with Crippen molar-refractivity contribution in [3.8, 4) is 5.75 Å². The lowest BCUT2D eigenvalue weighted by Gasteiger charge is -2.41. The van der Waals surface area contributed by atoms with Crippen molar-refractivity contribution in [2.45, 2.75) is 18.6 Å². The Kier molecular flexibility index (Phi) is 3.96. The molecule has 6 heteroatoms. The molecule has 2 heterocycles. The Morgan fingerprint density at radius 3 is 2.86 bits per heavy atom. The number of ketones is 1. The van der Waals surface area contributed by atoms with Gasteiger partial charge in [0, 0.05) is 25.9 Å². The smallest absolute Gasteiger partial charge is 0.258 e. The van der Waals surface area contributed by atoms with Gasteiger partial charge in [0.1, 0.15) is 12.4 Å². The summed E-state index contributed by atoms with van der Waals surface area (Å²) in [7, 11) is 0. The number of fused-ring (bicyclic) bond motifs is 1. The van der Waals surface area contributed by atoms with Gasteiger partial charge in [-0.25, -0.2) is 0 Å². The van der Waals surface area contributed by atoms with Gasteiger partial charge in [0.05, 0.1) is 5.56 Å². The fourth-order valence-corrected chi connectivity index (χ4v) is 2.73. The Labute approximate surface area is 128 Å². The fourth-order valence-electron chi connectivity index (χ4n) is 2.73. The third-order valence-corrected chi connectivity index (χ3v) is 3.92. The maximum absolute atomic E-state index is 12.4. The Morgan fingerprint density at radius 2 is 2.14 bits per heavy atom. The van der Waals surface area contributed by atoms with E-state index in [-0.39, 0.29) is 11.7 Å². The molecule has 1 spiro atoms. The summed E-state index contributed by atoms with van der Waals surface area (Å²) in [5, 5.41) is 14.9. The molecule has 0 aromatic heterocycles. The molecule has 1 aromatic rings. The number of amides is 1. The van der Waals surface area contributed by atoms with Crippen LogP contribution < -0.4 is 15.4 Å². The molecule has 22 heavy (non-hydrogen) atoms. The lowest BCUT2D eigenvalue weighted by Crippen LogP contribution is -2.60. The van der Waals surface area contributed by atoms with Crippen LogP contribution in [-0.4, -0.2) is 42.2 Å². The first-order valence-electron chi connectivity index (χ1n) is 7.30. The van der Waals surface area contributed by atoms with E-state index in [4.69, 9.17) is 9.84 Å². The van der Waals surface area contributed by atoms with Gasteiger partial charge in [-0.2, -0.15) is 0 Å². The normalized spacial score (nSPS) is 19.6. The van der Waals surface area contributed by atoms with Crippen LogP contribution in [0.3, 0.4) is 0 Å². The molecule has 0 radical (unpaired) electrons. The largest absolute Gasteiger partial charge is 0.467 e. The standard InChI is InChI=1S/C16H18N2O4/c19-10-12(20)3-1-11-2-4-14-13(9-11)15(21)18-16(22-14)5-7-17-8-6-16/h1-4,9,17,19H,5-8,10H2,(H,18,21)/b3-1+. The van der Waals surface area contributed by atoms with Gasteiger partial charge < -0.3 is 20.5 Å². The first kappa shape index (κ1) is 14.7. The first-order valence-corrected chi connectivity index (χ1v) is 7.30. The number of benzene rings is 1. The molecule has 3 N–H and O–H groups in total. The zero-order chi connectivity index (χ0) is 15.6. The predicted octanol–water partition coefficient (Wildman–Crippen LogP) is 0.463. The number of nitrogens with one attached hydrogen (secondary N) is 2. The number of carbonyl (C=O) groups is 2. The molecule has 116 valence electrons. The van der Waals surface area contributed by atoms with Crippen LogP contribution in [0.2, 0.25) is 0 Å². The average Bonchev–Trinajstić information content (AvgIpc) is 2.53. The molecular formula is C16H18N2O4. The van der Waals surface area contributed by atoms with Gasteiger partial charge in [-0.05, 0) is 23.8 Å². The Balaban J connectivity index is 1.85. The van der Waals surface area contributed by atoms with Crippen molar-refractivity contribution in [1.29, 1.82) is 0 Å². The van der Waals surface area contributed by atoms with Crippen molar-refractivity contribution in [1.82, 2.24) is 10.6 Å². The number of carbonyl (C=O) groups excluding carboxylic acids is 2. The van der Waals surface area contributed by atoms with Crippen molar-refractivity contribution in [2.75, 3.05) is 19.7 Å². The van der Waals surface area contributed by atoms with Crippen molar-refractivity contribution >= 4 is 17.8 Å². The van der Waals surface area contributed by atoms with Crippen LogP contribution in [0.25, 0.3) is 6.08 Å². The van der Waals surface area contributed by atoms with Crippen LogP contribution in [0, 0.1) is 0 Å². The van der Waals surface area contributed by atoms with E-state index in [0.717, 1.165) is 25.9 Å². The van der Waals surface area contributed by atoms with E-state index < -0.39 is 12.3 Å². The zero-order valence-electron chi connectivity index (χ0n) is 12.1. The van der Waals surface area contributed by atoms with E-state index in [1.165, 1.54) is 6.08 Å². The molecule has 2 aliphatic rings. The van der Waals surface area contributed by atoms with E-state index in [2.05, 4.69) is 10.6 Å². The number of piperidine rings is 1. The minimum atomic E-state index is -0.612. The molecule has 3 rings (SSSR count). The van der Waals surface area contributed by atoms with E-state index >= 15 is 0 Å². The van der Waals surface area contributed by atoms with E-state index in [1.807, 2.05) is 0 Å². The third kappa shape index (κ3) is 2.88. The number of rotatable bonds is 3. The monoisotopic (exact) mass is 302 g/mol. The highest BCUT2D eigenvalue weighted by Crippen LogP contribution is 2.32. The molecule has 0 unspecified atom stereocenters. The summed E-state index contributed by atoms with van der Waals surface area (Å²) in [6.45, 7) is 1.08. The quantitative estimate of drug-likeness (QED) is 0.706. The average molecular weight is 302 g/mol. The van der Waals surface area contributed by atoms with Gasteiger partial charge in [0.15, 0.2) is 11.5 Å². The first-order chi connectivity index (χ1) is 10.6. The summed E-state index contributed by atoms with van der Waals surface area (Å²) in [4.78, 5) is 23.5. The molecule has 0 bridgehead atoms. The maximum atomic E-state index is 12.4. The molecule has 0 aliphatic carbocycles. The summed E-state index contributed by atoms with van der Waals surface area (Å²) in [5.74, 6) is 0.0234. The van der Waals surface area contributed by atoms with Crippen LogP contribution in [0.1, 0.15) is 28.8 Å². The second kappa shape index (κ2) is 5.90. The minimum absolute atomic E-state index is 0.160. The van der Waals surface area contributed by atoms with Crippen LogP contribution in [0.15, 0.2) is 24.3 Å².